The molecule has 2 N–H and O–H groups in total. The zero-order valence-corrected chi connectivity index (χ0v) is 17.5. The molecule has 0 unspecified atom stereocenters. The fourth-order valence-electron chi connectivity index (χ4n) is 3.62. The van der Waals surface area contributed by atoms with E-state index >= 15 is 0 Å². The summed E-state index contributed by atoms with van der Waals surface area (Å²) in [5.74, 6) is 0.621. The molecule has 31 heavy (non-hydrogen) atoms. The largest absolute Gasteiger partial charge is 0.378 e. The molecule has 0 aliphatic rings. The van der Waals surface area contributed by atoms with Gasteiger partial charge in [0.25, 0.3) is 5.91 Å². The summed E-state index contributed by atoms with van der Waals surface area (Å²) in [6, 6.07) is 19.3. The first-order valence-corrected chi connectivity index (χ1v) is 9.98. The van der Waals surface area contributed by atoms with Crippen LogP contribution in [-0.4, -0.2) is 39.5 Å². The molecule has 7 heteroatoms. The molecular weight excluding hydrogens is 388 g/mol. The average molecular weight is 410 g/mol. The molecule has 0 saturated carbocycles. The van der Waals surface area contributed by atoms with Crippen molar-refractivity contribution in [2.45, 2.75) is 0 Å². The van der Waals surface area contributed by atoms with Crippen LogP contribution in [0.15, 0.2) is 67.0 Å². The van der Waals surface area contributed by atoms with E-state index in [1.54, 1.807) is 6.33 Å². The van der Waals surface area contributed by atoms with Crippen molar-refractivity contribution in [1.29, 1.82) is 0 Å². The molecule has 2 aromatic heterocycles. The Kier molecular flexibility index (Phi) is 4.43. The van der Waals surface area contributed by atoms with Gasteiger partial charge in [0.05, 0.1) is 28.4 Å². The van der Waals surface area contributed by atoms with Crippen molar-refractivity contribution in [1.82, 2.24) is 19.5 Å². The monoisotopic (exact) mass is 410 g/mol. The molecule has 0 aliphatic carbocycles. The van der Waals surface area contributed by atoms with E-state index in [0.717, 1.165) is 39.1 Å². The van der Waals surface area contributed by atoms with Crippen molar-refractivity contribution in [3.8, 4) is 11.4 Å². The van der Waals surface area contributed by atoms with Crippen LogP contribution in [0.1, 0.15) is 10.4 Å². The Hall–Kier alpha value is -4.13. The smallest absolute Gasteiger partial charge is 0.255 e. The highest BCUT2D eigenvalue weighted by Crippen LogP contribution is 2.25. The summed E-state index contributed by atoms with van der Waals surface area (Å²) in [5.41, 5.74) is 7.03. The van der Waals surface area contributed by atoms with Crippen LogP contribution in [0.2, 0.25) is 0 Å². The number of amides is 1. The molecule has 0 atom stereocenters. The molecule has 0 saturated heterocycles. The van der Waals surface area contributed by atoms with Crippen molar-refractivity contribution in [3.63, 3.8) is 0 Å². The number of H-pyrrole nitrogens is 1. The van der Waals surface area contributed by atoms with E-state index in [-0.39, 0.29) is 5.91 Å². The summed E-state index contributed by atoms with van der Waals surface area (Å²) in [6.45, 7) is 0. The number of aromatic nitrogens is 4. The topological polar surface area (TPSA) is 78.8 Å². The van der Waals surface area contributed by atoms with Gasteiger partial charge < -0.3 is 19.8 Å². The number of rotatable bonds is 4. The lowest BCUT2D eigenvalue weighted by Crippen LogP contribution is -2.13. The summed E-state index contributed by atoms with van der Waals surface area (Å²) in [6.07, 6.45) is 1.80. The highest BCUT2D eigenvalue weighted by atomic mass is 16.1. The first-order chi connectivity index (χ1) is 15.0. The maximum Gasteiger partial charge on any atom is 0.255 e. The molecular formula is C24H22N6O. The predicted octanol–water partition coefficient (Wildman–Crippen LogP) is 4.43. The summed E-state index contributed by atoms with van der Waals surface area (Å²) in [4.78, 5) is 27.1. The third kappa shape index (κ3) is 3.50. The van der Waals surface area contributed by atoms with Gasteiger partial charge in [-0.3, -0.25) is 4.79 Å². The van der Waals surface area contributed by atoms with E-state index in [0.29, 0.717) is 11.3 Å². The number of anilines is 2. The molecule has 0 aliphatic heterocycles. The minimum absolute atomic E-state index is 0.148. The van der Waals surface area contributed by atoms with Gasteiger partial charge >= 0.3 is 0 Å². The van der Waals surface area contributed by atoms with Gasteiger partial charge in [-0.25, -0.2) is 9.97 Å². The predicted molar refractivity (Wildman–Crippen MR) is 125 cm³/mol. The molecule has 3 aromatic carbocycles. The summed E-state index contributed by atoms with van der Waals surface area (Å²) < 4.78 is 1.99. The number of fused-ring (bicyclic) bond motifs is 2. The molecule has 5 aromatic rings. The molecule has 0 radical (unpaired) electrons. The second-order valence-electron chi connectivity index (χ2n) is 7.77. The quantitative estimate of drug-likeness (QED) is 0.459. The fourth-order valence-corrected chi connectivity index (χ4v) is 3.62. The Morgan fingerprint density at radius 2 is 1.81 bits per heavy atom. The zero-order chi connectivity index (χ0) is 21.5. The number of imidazole rings is 2. The lowest BCUT2D eigenvalue weighted by atomic mass is 10.2. The maximum atomic E-state index is 12.6. The molecule has 7 nitrogen and oxygen atoms in total. The number of carbonyl (C=O) groups is 1. The number of hydrogen-bond acceptors (Lipinski definition) is 4. The number of nitrogens with one attached hydrogen (secondary N) is 2. The van der Waals surface area contributed by atoms with Crippen LogP contribution >= 0.6 is 0 Å². The number of carbonyl (C=O) groups excluding carboxylic acids is 1. The van der Waals surface area contributed by atoms with Crippen LogP contribution in [0, 0.1) is 0 Å². The Balaban J connectivity index is 1.40. The second-order valence-corrected chi connectivity index (χ2v) is 7.77. The second kappa shape index (κ2) is 7.28. The lowest BCUT2D eigenvalue weighted by molar-refractivity contribution is 0.102. The third-order valence-corrected chi connectivity index (χ3v) is 5.38. The van der Waals surface area contributed by atoms with E-state index in [4.69, 9.17) is 4.98 Å². The Labute approximate surface area is 179 Å². The van der Waals surface area contributed by atoms with Crippen molar-refractivity contribution in [2.24, 2.45) is 7.05 Å². The van der Waals surface area contributed by atoms with Crippen LogP contribution in [0.4, 0.5) is 11.4 Å². The SMILES string of the molecule is CN(C)c1ccc(C(=O)Nc2ccc3nc(-c4ccc5c(c4)ncn5C)[nH]c3c2)cc1. The van der Waals surface area contributed by atoms with Crippen molar-refractivity contribution in [3.05, 3.63) is 72.6 Å². The first kappa shape index (κ1) is 18.9. The van der Waals surface area contributed by atoms with Gasteiger partial charge in [-0.1, -0.05) is 0 Å². The number of aromatic amines is 1. The summed E-state index contributed by atoms with van der Waals surface area (Å²) in [5, 5.41) is 2.96. The molecule has 154 valence electrons. The van der Waals surface area contributed by atoms with Crippen molar-refractivity contribution in [2.75, 3.05) is 24.3 Å². The average Bonchev–Trinajstić information content (AvgIpc) is 3.36. The molecule has 5 rings (SSSR count). The van der Waals surface area contributed by atoms with Gasteiger partial charge in [0, 0.05) is 43.6 Å². The van der Waals surface area contributed by atoms with Gasteiger partial charge in [0.1, 0.15) is 5.82 Å². The van der Waals surface area contributed by atoms with Crippen molar-refractivity contribution < 1.29 is 4.79 Å². The molecule has 0 bridgehead atoms. The van der Waals surface area contributed by atoms with Crippen LogP contribution in [0.25, 0.3) is 33.5 Å². The Morgan fingerprint density at radius 1 is 1.00 bits per heavy atom. The maximum absolute atomic E-state index is 12.6. The standard InChI is InChI=1S/C24H22N6O/c1-29(2)18-8-4-15(5-9-18)24(31)26-17-7-10-19-20(13-17)28-23(27-19)16-6-11-22-21(12-16)25-14-30(22)3/h4-14H,1-3H3,(H,26,31)(H,27,28). The van der Waals surface area contributed by atoms with E-state index in [2.05, 4.69) is 15.3 Å². The van der Waals surface area contributed by atoms with Crippen LogP contribution < -0.4 is 10.2 Å². The molecule has 0 spiro atoms. The van der Waals surface area contributed by atoms with E-state index < -0.39 is 0 Å². The number of nitrogens with zero attached hydrogens (tertiary/aromatic N) is 4. The minimum Gasteiger partial charge on any atom is -0.378 e. The third-order valence-electron chi connectivity index (χ3n) is 5.38. The van der Waals surface area contributed by atoms with Crippen LogP contribution in [-0.2, 0) is 7.05 Å². The Bertz CT molecular complexity index is 1410. The highest BCUT2D eigenvalue weighted by molar-refractivity contribution is 6.05. The zero-order valence-electron chi connectivity index (χ0n) is 17.5. The fraction of sp³-hybridized carbons (Fsp3) is 0.125. The lowest BCUT2D eigenvalue weighted by Gasteiger charge is -2.12. The first-order valence-electron chi connectivity index (χ1n) is 9.98. The molecule has 1 amide bonds. The molecule has 2 heterocycles. The van der Waals surface area contributed by atoms with Gasteiger partial charge in [-0.05, 0) is 60.7 Å². The van der Waals surface area contributed by atoms with Gasteiger partial charge in [-0.2, -0.15) is 0 Å². The number of benzene rings is 3. The normalized spacial score (nSPS) is 11.2. The highest BCUT2D eigenvalue weighted by Gasteiger charge is 2.11. The Morgan fingerprint density at radius 3 is 2.58 bits per heavy atom. The van der Waals surface area contributed by atoms with E-state index in [9.17, 15) is 4.79 Å². The van der Waals surface area contributed by atoms with Crippen molar-refractivity contribution >= 4 is 39.3 Å². The minimum atomic E-state index is -0.148. The van der Waals surface area contributed by atoms with Crippen LogP contribution in [0.3, 0.4) is 0 Å². The summed E-state index contributed by atoms with van der Waals surface area (Å²) >= 11 is 0. The van der Waals surface area contributed by atoms with Gasteiger partial charge in [0.15, 0.2) is 0 Å². The van der Waals surface area contributed by atoms with Gasteiger partial charge in [0.2, 0.25) is 0 Å². The number of aryl methyl sites for hydroxylation is 1. The number of hydrogen-bond donors (Lipinski definition) is 2. The van der Waals surface area contributed by atoms with Gasteiger partial charge in [-0.15, -0.1) is 0 Å². The van der Waals surface area contributed by atoms with Crippen LogP contribution in [0.5, 0.6) is 0 Å². The van der Waals surface area contributed by atoms with E-state index in [1.807, 2.05) is 91.3 Å². The summed E-state index contributed by atoms with van der Waals surface area (Å²) in [7, 11) is 5.91. The molecule has 0 fully saturated rings. The van der Waals surface area contributed by atoms with E-state index in [1.165, 1.54) is 0 Å².